The average Bonchev–Trinajstić information content (AvgIpc) is 3.01. The van der Waals surface area contributed by atoms with Crippen LogP contribution in [0.5, 0.6) is 5.75 Å². The van der Waals surface area contributed by atoms with Crippen LogP contribution in [-0.4, -0.2) is 18.3 Å². The predicted octanol–water partition coefficient (Wildman–Crippen LogP) is 2.67. The van der Waals surface area contributed by atoms with Gasteiger partial charge in [-0.2, -0.15) is 0 Å². The topological polar surface area (TPSA) is 38.7 Å². The third-order valence-corrected chi connectivity index (χ3v) is 3.92. The normalized spacial score (nSPS) is 30.7. The second-order valence-electron chi connectivity index (χ2n) is 5.08. The molecule has 3 heteroatoms. The summed E-state index contributed by atoms with van der Waals surface area (Å²) in [7, 11) is 1.63. The molecular formula is C15H18O3. The second-order valence-corrected chi connectivity index (χ2v) is 5.08. The number of allylic oxidation sites excluding steroid dienone is 1. The molecular weight excluding hydrogens is 228 g/mol. The van der Waals surface area contributed by atoms with Crippen molar-refractivity contribution in [3.05, 3.63) is 42.0 Å². The SMILES string of the molecule is COc1ccc(C(O)OC2CC3C=CC2C3)cc1. The molecule has 3 rings (SSSR count). The third kappa shape index (κ3) is 2.16. The maximum Gasteiger partial charge on any atom is 0.181 e. The summed E-state index contributed by atoms with van der Waals surface area (Å²) in [6, 6.07) is 7.35. The molecule has 0 aromatic heterocycles. The van der Waals surface area contributed by atoms with Crippen LogP contribution in [-0.2, 0) is 4.74 Å². The highest BCUT2D eigenvalue weighted by atomic mass is 16.6. The van der Waals surface area contributed by atoms with Gasteiger partial charge in [-0.15, -0.1) is 0 Å². The van der Waals surface area contributed by atoms with Crippen molar-refractivity contribution in [1.29, 1.82) is 0 Å². The largest absolute Gasteiger partial charge is 0.497 e. The number of rotatable bonds is 4. The van der Waals surface area contributed by atoms with Crippen LogP contribution < -0.4 is 4.74 Å². The zero-order valence-corrected chi connectivity index (χ0v) is 10.5. The standard InChI is InChI=1S/C15H18O3/c1-17-13-6-4-11(5-7-13)15(16)18-14-9-10-2-3-12(14)8-10/h2-7,10,12,14-16H,8-9H2,1H3. The van der Waals surface area contributed by atoms with Crippen molar-refractivity contribution in [3.63, 3.8) is 0 Å². The molecule has 18 heavy (non-hydrogen) atoms. The maximum atomic E-state index is 10.1. The first-order chi connectivity index (χ1) is 8.76. The van der Waals surface area contributed by atoms with Crippen molar-refractivity contribution in [2.75, 3.05) is 7.11 Å². The van der Waals surface area contributed by atoms with Crippen LogP contribution in [0.2, 0.25) is 0 Å². The average molecular weight is 246 g/mol. The molecule has 4 atom stereocenters. The van der Waals surface area contributed by atoms with E-state index < -0.39 is 6.29 Å². The van der Waals surface area contributed by atoms with Crippen LogP contribution in [0.25, 0.3) is 0 Å². The quantitative estimate of drug-likeness (QED) is 0.655. The zero-order valence-electron chi connectivity index (χ0n) is 10.5. The lowest BCUT2D eigenvalue weighted by atomic mass is 10.0. The van der Waals surface area contributed by atoms with Gasteiger partial charge in [-0.1, -0.05) is 24.3 Å². The predicted molar refractivity (Wildman–Crippen MR) is 68.2 cm³/mol. The molecule has 2 aliphatic carbocycles. The molecule has 0 spiro atoms. The highest BCUT2D eigenvalue weighted by molar-refractivity contribution is 5.27. The highest BCUT2D eigenvalue weighted by Crippen LogP contribution is 2.42. The van der Waals surface area contributed by atoms with Crippen molar-refractivity contribution in [2.24, 2.45) is 11.8 Å². The summed E-state index contributed by atoms with van der Waals surface area (Å²) in [5.74, 6) is 1.93. The van der Waals surface area contributed by atoms with E-state index in [1.807, 2.05) is 24.3 Å². The van der Waals surface area contributed by atoms with Crippen LogP contribution in [0, 0.1) is 11.8 Å². The molecule has 1 aromatic carbocycles. The first-order valence-electron chi connectivity index (χ1n) is 6.42. The molecule has 1 aromatic rings. The summed E-state index contributed by atoms with van der Waals surface area (Å²) >= 11 is 0. The Labute approximate surface area is 107 Å². The Morgan fingerprint density at radius 1 is 1.17 bits per heavy atom. The van der Waals surface area contributed by atoms with E-state index in [2.05, 4.69) is 12.2 Å². The van der Waals surface area contributed by atoms with Crippen molar-refractivity contribution in [1.82, 2.24) is 0 Å². The summed E-state index contributed by atoms with van der Waals surface area (Å²) in [6.07, 6.45) is 6.03. The fourth-order valence-electron chi connectivity index (χ4n) is 2.90. The number of fused-ring (bicyclic) bond motifs is 2. The molecule has 96 valence electrons. The lowest BCUT2D eigenvalue weighted by Crippen LogP contribution is -2.21. The van der Waals surface area contributed by atoms with Crippen LogP contribution in [0.3, 0.4) is 0 Å². The number of ether oxygens (including phenoxy) is 2. The second kappa shape index (κ2) is 4.75. The van der Waals surface area contributed by atoms with E-state index in [0.717, 1.165) is 17.7 Å². The summed E-state index contributed by atoms with van der Waals surface area (Å²) in [5.41, 5.74) is 0.780. The van der Waals surface area contributed by atoms with E-state index >= 15 is 0 Å². The van der Waals surface area contributed by atoms with Gasteiger partial charge in [0.2, 0.25) is 0 Å². The fourth-order valence-corrected chi connectivity index (χ4v) is 2.90. The molecule has 0 radical (unpaired) electrons. The molecule has 2 bridgehead atoms. The van der Waals surface area contributed by atoms with Crippen LogP contribution >= 0.6 is 0 Å². The van der Waals surface area contributed by atoms with Gasteiger partial charge >= 0.3 is 0 Å². The highest BCUT2D eigenvalue weighted by Gasteiger charge is 2.37. The van der Waals surface area contributed by atoms with E-state index in [1.54, 1.807) is 7.11 Å². The van der Waals surface area contributed by atoms with Crippen LogP contribution in [0.4, 0.5) is 0 Å². The van der Waals surface area contributed by atoms with Gasteiger partial charge in [0.25, 0.3) is 0 Å². The lowest BCUT2D eigenvalue weighted by Gasteiger charge is -2.23. The Morgan fingerprint density at radius 3 is 2.50 bits per heavy atom. The Balaban J connectivity index is 1.63. The molecule has 2 aliphatic rings. The van der Waals surface area contributed by atoms with Gasteiger partial charge in [-0.05, 0) is 30.9 Å². The lowest BCUT2D eigenvalue weighted by molar-refractivity contribution is -0.146. The molecule has 0 saturated heterocycles. The number of hydrogen-bond acceptors (Lipinski definition) is 3. The molecule has 0 amide bonds. The van der Waals surface area contributed by atoms with Crippen molar-refractivity contribution < 1.29 is 14.6 Å². The van der Waals surface area contributed by atoms with E-state index in [9.17, 15) is 5.11 Å². The minimum absolute atomic E-state index is 0.164. The number of aliphatic hydroxyl groups is 1. The van der Waals surface area contributed by atoms with E-state index in [-0.39, 0.29) is 6.10 Å². The minimum atomic E-state index is -0.839. The van der Waals surface area contributed by atoms with E-state index in [1.165, 1.54) is 6.42 Å². The molecule has 1 N–H and O–H groups in total. The molecule has 1 saturated carbocycles. The Hall–Kier alpha value is -1.32. The van der Waals surface area contributed by atoms with Gasteiger partial charge in [0.05, 0.1) is 13.2 Å². The van der Waals surface area contributed by atoms with Gasteiger partial charge in [-0.25, -0.2) is 0 Å². The summed E-state index contributed by atoms with van der Waals surface area (Å²) in [6.45, 7) is 0. The van der Waals surface area contributed by atoms with Gasteiger partial charge in [0.15, 0.2) is 6.29 Å². The third-order valence-electron chi connectivity index (χ3n) is 3.92. The molecule has 1 fully saturated rings. The minimum Gasteiger partial charge on any atom is -0.497 e. The van der Waals surface area contributed by atoms with Gasteiger partial charge in [-0.3, -0.25) is 0 Å². The zero-order chi connectivity index (χ0) is 12.5. The van der Waals surface area contributed by atoms with Gasteiger partial charge in [0.1, 0.15) is 5.75 Å². The molecule has 4 unspecified atom stereocenters. The number of hydrogen-bond donors (Lipinski definition) is 1. The Kier molecular flexibility index (Phi) is 3.10. The van der Waals surface area contributed by atoms with Crippen LogP contribution in [0.15, 0.2) is 36.4 Å². The van der Waals surface area contributed by atoms with E-state index in [4.69, 9.17) is 9.47 Å². The van der Waals surface area contributed by atoms with Gasteiger partial charge < -0.3 is 14.6 Å². The van der Waals surface area contributed by atoms with Crippen molar-refractivity contribution in [2.45, 2.75) is 25.2 Å². The first kappa shape index (κ1) is 11.8. The van der Waals surface area contributed by atoms with E-state index in [0.29, 0.717) is 11.8 Å². The fraction of sp³-hybridized carbons (Fsp3) is 0.467. The first-order valence-corrected chi connectivity index (χ1v) is 6.42. The smallest absolute Gasteiger partial charge is 0.181 e. The van der Waals surface area contributed by atoms with Crippen molar-refractivity contribution in [3.8, 4) is 5.75 Å². The molecule has 3 nitrogen and oxygen atoms in total. The number of methoxy groups -OCH3 is 1. The summed E-state index contributed by atoms with van der Waals surface area (Å²) < 4.78 is 10.9. The maximum absolute atomic E-state index is 10.1. The van der Waals surface area contributed by atoms with Crippen molar-refractivity contribution >= 4 is 0 Å². The van der Waals surface area contributed by atoms with Gasteiger partial charge in [0, 0.05) is 11.5 Å². The summed E-state index contributed by atoms with van der Waals surface area (Å²) in [5, 5.41) is 10.1. The summed E-state index contributed by atoms with van der Waals surface area (Å²) in [4.78, 5) is 0. The Bertz CT molecular complexity index is 438. The van der Waals surface area contributed by atoms with Crippen LogP contribution in [0.1, 0.15) is 24.7 Å². The number of benzene rings is 1. The molecule has 0 aliphatic heterocycles. The molecule has 0 heterocycles. The monoisotopic (exact) mass is 246 g/mol. The Morgan fingerprint density at radius 2 is 1.94 bits per heavy atom. The number of aliphatic hydroxyl groups excluding tert-OH is 1.